The lowest BCUT2D eigenvalue weighted by Gasteiger charge is -2.09. The van der Waals surface area contributed by atoms with Crippen LogP contribution in [0.5, 0.6) is 0 Å². The van der Waals surface area contributed by atoms with Crippen LogP contribution in [-0.4, -0.2) is 11.6 Å². The van der Waals surface area contributed by atoms with Crippen molar-refractivity contribution in [1.82, 2.24) is 0 Å². The highest BCUT2D eigenvalue weighted by Crippen LogP contribution is 2.24. The van der Waals surface area contributed by atoms with Gasteiger partial charge in [-0.1, -0.05) is 43.3 Å². The standard InChI is InChI=1S/C18H18O2/c1-4-14-10-17(8-9-18(14)13(3)20)16-7-5-6-15(11-16)12(2)19/h5-11H,4H2,1-3H3. The molecule has 0 bridgehead atoms. The third-order valence-corrected chi connectivity index (χ3v) is 3.47. The minimum atomic E-state index is 0.0583. The van der Waals surface area contributed by atoms with Crippen LogP contribution in [0.3, 0.4) is 0 Å². The molecular formula is C18H18O2. The molecule has 0 spiro atoms. The quantitative estimate of drug-likeness (QED) is 0.772. The topological polar surface area (TPSA) is 34.1 Å². The Labute approximate surface area is 119 Å². The van der Waals surface area contributed by atoms with Crippen LogP contribution in [0, 0.1) is 0 Å². The Balaban J connectivity index is 2.50. The molecule has 0 N–H and O–H groups in total. The molecule has 102 valence electrons. The number of carbonyl (C=O) groups excluding carboxylic acids is 2. The van der Waals surface area contributed by atoms with Crippen LogP contribution in [0.1, 0.15) is 47.1 Å². The van der Waals surface area contributed by atoms with Crippen LogP contribution in [0.15, 0.2) is 42.5 Å². The molecule has 0 heterocycles. The van der Waals surface area contributed by atoms with Crippen molar-refractivity contribution in [3.8, 4) is 11.1 Å². The molecule has 0 aliphatic carbocycles. The maximum absolute atomic E-state index is 11.6. The lowest BCUT2D eigenvalue weighted by atomic mass is 9.95. The highest BCUT2D eigenvalue weighted by Gasteiger charge is 2.08. The molecule has 0 atom stereocenters. The van der Waals surface area contributed by atoms with Gasteiger partial charge in [0.2, 0.25) is 0 Å². The van der Waals surface area contributed by atoms with Gasteiger partial charge in [0.15, 0.2) is 11.6 Å². The predicted octanol–water partition coefficient (Wildman–Crippen LogP) is 4.32. The van der Waals surface area contributed by atoms with Gasteiger partial charge < -0.3 is 0 Å². The Bertz CT molecular complexity index is 669. The fourth-order valence-corrected chi connectivity index (χ4v) is 2.33. The zero-order chi connectivity index (χ0) is 14.7. The van der Waals surface area contributed by atoms with E-state index in [4.69, 9.17) is 0 Å². The lowest BCUT2D eigenvalue weighted by Crippen LogP contribution is -1.99. The smallest absolute Gasteiger partial charge is 0.160 e. The van der Waals surface area contributed by atoms with Crippen LogP contribution in [-0.2, 0) is 6.42 Å². The number of carbonyl (C=O) groups is 2. The number of ketones is 2. The van der Waals surface area contributed by atoms with Crippen LogP contribution in [0.25, 0.3) is 11.1 Å². The summed E-state index contributed by atoms with van der Waals surface area (Å²) in [6, 6.07) is 13.4. The second-order valence-corrected chi connectivity index (χ2v) is 4.92. The summed E-state index contributed by atoms with van der Waals surface area (Å²) in [5.41, 5.74) is 4.57. The molecule has 0 fully saturated rings. The molecule has 2 nitrogen and oxygen atoms in total. The van der Waals surface area contributed by atoms with Crippen LogP contribution in [0.2, 0.25) is 0 Å². The van der Waals surface area contributed by atoms with E-state index in [1.165, 1.54) is 0 Å². The largest absolute Gasteiger partial charge is 0.295 e. The third kappa shape index (κ3) is 2.85. The van der Waals surface area contributed by atoms with Crippen molar-refractivity contribution in [2.24, 2.45) is 0 Å². The molecule has 20 heavy (non-hydrogen) atoms. The molecule has 0 aliphatic rings. The van der Waals surface area contributed by atoms with Gasteiger partial charge in [-0.05, 0) is 43.0 Å². The predicted molar refractivity (Wildman–Crippen MR) is 81.3 cm³/mol. The van der Waals surface area contributed by atoms with Crippen molar-refractivity contribution in [3.63, 3.8) is 0 Å². The first kappa shape index (κ1) is 14.2. The van der Waals surface area contributed by atoms with Crippen molar-refractivity contribution in [2.45, 2.75) is 27.2 Å². The summed E-state index contributed by atoms with van der Waals surface area (Å²) in [6.07, 6.45) is 0.815. The number of rotatable bonds is 4. The summed E-state index contributed by atoms with van der Waals surface area (Å²) >= 11 is 0. The number of aryl methyl sites for hydroxylation is 1. The average Bonchev–Trinajstić information content (AvgIpc) is 2.46. The van der Waals surface area contributed by atoms with Gasteiger partial charge in [-0.25, -0.2) is 0 Å². The Morgan fingerprint density at radius 1 is 0.900 bits per heavy atom. The van der Waals surface area contributed by atoms with E-state index < -0.39 is 0 Å². The molecule has 2 heteroatoms. The summed E-state index contributed by atoms with van der Waals surface area (Å²) < 4.78 is 0. The number of hydrogen-bond acceptors (Lipinski definition) is 2. The van der Waals surface area contributed by atoms with Gasteiger partial charge in [0, 0.05) is 11.1 Å². The van der Waals surface area contributed by atoms with E-state index in [-0.39, 0.29) is 11.6 Å². The van der Waals surface area contributed by atoms with Crippen molar-refractivity contribution in [1.29, 1.82) is 0 Å². The summed E-state index contributed by atoms with van der Waals surface area (Å²) in [7, 11) is 0. The maximum atomic E-state index is 11.6. The van der Waals surface area contributed by atoms with Crippen molar-refractivity contribution < 1.29 is 9.59 Å². The molecule has 0 radical (unpaired) electrons. The normalized spacial score (nSPS) is 10.3. The number of Topliss-reactive ketones (excluding diaryl/α,β-unsaturated/α-hetero) is 2. The molecule has 0 aliphatic heterocycles. The van der Waals surface area contributed by atoms with E-state index in [1.807, 2.05) is 49.4 Å². The van der Waals surface area contributed by atoms with Gasteiger partial charge in [-0.3, -0.25) is 9.59 Å². The van der Waals surface area contributed by atoms with E-state index in [9.17, 15) is 9.59 Å². The van der Waals surface area contributed by atoms with Gasteiger partial charge in [-0.2, -0.15) is 0 Å². The highest BCUT2D eigenvalue weighted by molar-refractivity contribution is 5.97. The number of hydrogen-bond donors (Lipinski definition) is 0. The molecular weight excluding hydrogens is 248 g/mol. The molecule has 0 saturated carbocycles. The molecule has 0 unspecified atom stereocenters. The molecule has 2 rings (SSSR count). The second-order valence-electron chi connectivity index (χ2n) is 4.92. The van der Waals surface area contributed by atoms with E-state index in [0.717, 1.165) is 28.7 Å². The summed E-state index contributed by atoms with van der Waals surface area (Å²) in [5, 5.41) is 0. The van der Waals surface area contributed by atoms with E-state index in [2.05, 4.69) is 0 Å². The van der Waals surface area contributed by atoms with Crippen molar-refractivity contribution in [2.75, 3.05) is 0 Å². The zero-order valence-corrected chi connectivity index (χ0v) is 12.1. The van der Waals surface area contributed by atoms with Crippen LogP contribution in [0.4, 0.5) is 0 Å². The second kappa shape index (κ2) is 5.83. The monoisotopic (exact) mass is 266 g/mol. The molecule has 0 amide bonds. The van der Waals surface area contributed by atoms with Crippen molar-refractivity contribution >= 4 is 11.6 Å². The van der Waals surface area contributed by atoms with Gasteiger partial charge in [0.05, 0.1) is 0 Å². The minimum Gasteiger partial charge on any atom is -0.295 e. The van der Waals surface area contributed by atoms with E-state index in [0.29, 0.717) is 5.56 Å². The average molecular weight is 266 g/mol. The molecule has 2 aromatic rings. The third-order valence-electron chi connectivity index (χ3n) is 3.47. The maximum Gasteiger partial charge on any atom is 0.160 e. The first-order valence-corrected chi connectivity index (χ1v) is 6.78. The van der Waals surface area contributed by atoms with Gasteiger partial charge in [-0.15, -0.1) is 0 Å². The first-order chi connectivity index (χ1) is 9.52. The first-order valence-electron chi connectivity index (χ1n) is 6.78. The molecule has 0 aromatic heterocycles. The SMILES string of the molecule is CCc1cc(-c2cccc(C(C)=O)c2)ccc1C(C)=O. The fourth-order valence-electron chi connectivity index (χ4n) is 2.33. The Morgan fingerprint density at radius 2 is 1.60 bits per heavy atom. The summed E-state index contributed by atoms with van der Waals surface area (Å²) in [5.74, 6) is 0.147. The van der Waals surface area contributed by atoms with Crippen LogP contribution < -0.4 is 0 Å². The van der Waals surface area contributed by atoms with Gasteiger partial charge >= 0.3 is 0 Å². The Hall–Kier alpha value is -2.22. The minimum absolute atomic E-state index is 0.0583. The molecule has 2 aromatic carbocycles. The summed E-state index contributed by atoms with van der Waals surface area (Å²) in [4.78, 5) is 23.0. The van der Waals surface area contributed by atoms with Crippen LogP contribution >= 0.6 is 0 Å². The molecule has 0 saturated heterocycles. The lowest BCUT2D eigenvalue weighted by molar-refractivity contribution is 0.100. The highest BCUT2D eigenvalue weighted by atomic mass is 16.1. The van der Waals surface area contributed by atoms with Crippen molar-refractivity contribution in [3.05, 3.63) is 59.2 Å². The van der Waals surface area contributed by atoms with Gasteiger partial charge in [0.1, 0.15) is 0 Å². The zero-order valence-electron chi connectivity index (χ0n) is 12.1. The van der Waals surface area contributed by atoms with E-state index >= 15 is 0 Å². The summed E-state index contributed by atoms with van der Waals surface area (Å²) in [6.45, 7) is 5.19. The number of benzene rings is 2. The Morgan fingerprint density at radius 3 is 2.20 bits per heavy atom. The van der Waals surface area contributed by atoms with E-state index in [1.54, 1.807) is 13.8 Å². The van der Waals surface area contributed by atoms with Gasteiger partial charge in [0.25, 0.3) is 0 Å². The fraction of sp³-hybridized carbons (Fsp3) is 0.222. The Kier molecular flexibility index (Phi) is 4.14.